The molecule has 2 aromatic heterocycles. The van der Waals surface area contributed by atoms with Crippen molar-refractivity contribution in [2.45, 2.75) is 64.3 Å². The topological polar surface area (TPSA) is 112 Å². The van der Waals surface area contributed by atoms with E-state index in [0.29, 0.717) is 18.8 Å². The average Bonchev–Trinajstić information content (AvgIpc) is 3.57. The van der Waals surface area contributed by atoms with Crippen LogP contribution in [0.5, 0.6) is 5.75 Å². The van der Waals surface area contributed by atoms with Crippen molar-refractivity contribution in [3.63, 3.8) is 0 Å². The first kappa shape index (κ1) is 25.7. The third-order valence-electron chi connectivity index (χ3n) is 6.33. The van der Waals surface area contributed by atoms with Gasteiger partial charge in [0.25, 0.3) is 6.01 Å². The number of benzene rings is 1. The van der Waals surface area contributed by atoms with Crippen LogP contribution in [0.4, 0.5) is 19.6 Å². The van der Waals surface area contributed by atoms with Crippen molar-refractivity contribution in [2.24, 2.45) is 0 Å². The Morgan fingerprint density at radius 2 is 1.87 bits per heavy atom. The number of ether oxygens (including phenoxy) is 3. The van der Waals surface area contributed by atoms with Gasteiger partial charge >= 0.3 is 18.2 Å². The number of anilines is 1. The van der Waals surface area contributed by atoms with Crippen LogP contribution in [0.1, 0.15) is 40.5 Å². The van der Waals surface area contributed by atoms with E-state index in [9.17, 15) is 18.4 Å². The van der Waals surface area contributed by atoms with Crippen LogP contribution in [0.25, 0.3) is 16.8 Å². The van der Waals surface area contributed by atoms with Crippen LogP contribution >= 0.6 is 0 Å². The van der Waals surface area contributed by atoms with E-state index in [1.54, 1.807) is 23.4 Å². The summed E-state index contributed by atoms with van der Waals surface area (Å²) in [5, 5.41) is 4.20. The molecule has 2 bridgehead atoms. The van der Waals surface area contributed by atoms with E-state index in [1.165, 1.54) is 23.7 Å². The summed E-state index contributed by atoms with van der Waals surface area (Å²) in [6.45, 7) is 7.52. The normalized spacial score (nSPS) is 19.6. The Morgan fingerprint density at radius 3 is 2.47 bits per heavy atom. The molecule has 2 atom stereocenters. The second-order valence-corrected chi connectivity index (χ2v) is 10.2. The van der Waals surface area contributed by atoms with Crippen LogP contribution in [0.15, 0.2) is 35.0 Å². The summed E-state index contributed by atoms with van der Waals surface area (Å²) in [4.78, 5) is 32.7. The van der Waals surface area contributed by atoms with Gasteiger partial charge in [-0.25, -0.2) is 14.3 Å². The second-order valence-electron chi connectivity index (χ2n) is 10.2. The molecule has 3 aromatic rings. The Balaban J connectivity index is 1.47. The summed E-state index contributed by atoms with van der Waals surface area (Å²) in [5.41, 5.74) is -0.00799. The zero-order chi connectivity index (χ0) is 27.2. The van der Waals surface area contributed by atoms with Crippen LogP contribution in [0.3, 0.4) is 0 Å². The Morgan fingerprint density at radius 1 is 1.16 bits per heavy atom. The summed E-state index contributed by atoms with van der Waals surface area (Å²) >= 11 is 0. The molecule has 38 heavy (non-hydrogen) atoms. The van der Waals surface area contributed by atoms with Gasteiger partial charge in [0.05, 0.1) is 18.7 Å². The van der Waals surface area contributed by atoms with Crippen molar-refractivity contribution in [1.82, 2.24) is 19.7 Å². The zero-order valence-corrected chi connectivity index (χ0v) is 21.5. The quantitative estimate of drug-likeness (QED) is 0.432. The van der Waals surface area contributed by atoms with E-state index in [-0.39, 0.29) is 47.6 Å². The molecule has 2 aliphatic rings. The number of rotatable bonds is 6. The van der Waals surface area contributed by atoms with Gasteiger partial charge in [-0.1, -0.05) is 0 Å². The van der Waals surface area contributed by atoms with Crippen LogP contribution in [0, 0.1) is 0 Å². The summed E-state index contributed by atoms with van der Waals surface area (Å²) < 4.78 is 51.4. The van der Waals surface area contributed by atoms with Crippen molar-refractivity contribution in [3.8, 4) is 11.4 Å². The van der Waals surface area contributed by atoms with E-state index in [4.69, 9.17) is 13.9 Å². The number of esters is 1. The largest absolute Gasteiger partial charge is 0.502 e. The lowest BCUT2D eigenvalue weighted by atomic mass is 10.2. The number of aromatic nitrogens is 3. The van der Waals surface area contributed by atoms with Crippen molar-refractivity contribution < 1.29 is 37.0 Å². The summed E-state index contributed by atoms with van der Waals surface area (Å²) in [6, 6.07) is 4.43. The minimum Gasteiger partial charge on any atom is -0.459 e. The lowest BCUT2D eigenvalue weighted by Crippen LogP contribution is -2.56. The number of oxazole rings is 1. The average molecular weight is 534 g/mol. The minimum absolute atomic E-state index is 0.00103. The maximum atomic E-state index is 14.5. The number of carbonyl (C=O) groups is 2. The number of alkyl halides is 2. The molecule has 2 saturated heterocycles. The SMILES string of the molecule is CCOC(=O)C(F)(F)Oc1ccc(-n2cccn2)c2oc(N3CC4CCC(C3)N4C(=O)OC(C)(C)C)nc12. The van der Waals surface area contributed by atoms with Crippen LogP contribution in [-0.4, -0.2) is 75.2 Å². The Bertz CT molecular complexity index is 1320. The molecule has 0 radical (unpaired) electrons. The lowest BCUT2D eigenvalue weighted by Gasteiger charge is -2.40. The first-order chi connectivity index (χ1) is 18.0. The molecule has 1 aromatic carbocycles. The molecule has 13 heteroatoms. The fourth-order valence-corrected chi connectivity index (χ4v) is 4.83. The number of halogens is 2. The third-order valence-corrected chi connectivity index (χ3v) is 6.33. The molecule has 0 saturated carbocycles. The van der Waals surface area contributed by atoms with Gasteiger partial charge in [0.1, 0.15) is 11.3 Å². The van der Waals surface area contributed by atoms with Crippen LogP contribution < -0.4 is 9.64 Å². The molecule has 0 aliphatic carbocycles. The summed E-state index contributed by atoms with van der Waals surface area (Å²) in [6.07, 6.45) is 0.229. The Hall–Kier alpha value is -3.90. The van der Waals surface area contributed by atoms with Crippen molar-refractivity contribution in [1.29, 1.82) is 0 Å². The molecule has 204 valence electrons. The molecule has 0 spiro atoms. The number of nitrogens with zero attached hydrogens (tertiary/aromatic N) is 5. The molecule has 2 unspecified atom stereocenters. The fourth-order valence-electron chi connectivity index (χ4n) is 4.83. The summed E-state index contributed by atoms with van der Waals surface area (Å²) in [7, 11) is 0. The highest BCUT2D eigenvalue weighted by atomic mass is 19.3. The Kier molecular flexibility index (Phi) is 6.40. The lowest BCUT2D eigenvalue weighted by molar-refractivity contribution is -0.216. The van der Waals surface area contributed by atoms with E-state index < -0.39 is 17.7 Å². The number of hydrogen-bond donors (Lipinski definition) is 0. The van der Waals surface area contributed by atoms with Gasteiger partial charge in [0, 0.05) is 25.5 Å². The summed E-state index contributed by atoms with van der Waals surface area (Å²) in [5.74, 6) is -2.15. The van der Waals surface area contributed by atoms with Gasteiger partial charge < -0.3 is 23.5 Å². The standard InChI is InChI=1S/C25H29F2N5O6/c1-5-35-21(33)25(26,27)37-18-10-9-17(31-12-6-11-28-31)20-19(18)29-22(36-20)30-13-15-7-8-16(14-30)32(15)23(34)38-24(2,3)4/h6,9-12,15-16H,5,7-8,13-14H2,1-4H3. The molecule has 5 rings (SSSR count). The second kappa shape index (κ2) is 9.44. The molecular weight excluding hydrogens is 504 g/mol. The maximum absolute atomic E-state index is 14.5. The highest BCUT2D eigenvalue weighted by molar-refractivity contribution is 5.89. The van der Waals surface area contributed by atoms with Crippen LogP contribution in [-0.2, 0) is 14.3 Å². The number of carbonyl (C=O) groups excluding carboxylic acids is 2. The Labute approximate surface area is 217 Å². The smallest absolute Gasteiger partial charge is 0.459 e. The highest BCUT2D eigenvalue weighted by Gasteiger charge is 2.47. The fraction of sp³-hybridized carbons (Fsp3) is 0.520. The first-order valence-corrected chi connectivity index (χ1v) is 12.4. The number of fused-ring (bicyclic) bond motifs is 3. The van der Waals surface area contributed by atoms with E-state index in [2.05, 4.69) is 14.8 Å². The van der Waals surface area contributed by atoms with Gasteiger partial charge in [-0.2, -0.15) is 18.9 Å². The predicted molar refractivity (Wildman–Crippen MR) is 130 cm³/mol. The van der Waals surface area contributed by atoms with Gasteiger partial charge in [0.2, 0.25) is 0 Å². The van der Waals surface area contributed by atoms with E-state index in [1.807, 2.05) is 25.7 Å². The number of amides is 1. The first-order valence-electron chi connectivity index (χ1n) is 12.4. The van der Waals surface area contributed by atoms with Crippen molar-refractivity contribution >= 4 is 29.2 Å². The zero-order valence-electron chi connectivity index (χ0n) is 21.5. The van der Waals surface area contributed by atoms with Gasteiger partial charge in [-0.3, -0.25) is 4.90 Å². The molecule has 11 nitrogen and oxygen atoms in total. The van der Waals surface area contributed by atoms with E-state index in [0.717, 1.165) is 12.8 Å². The van der Waals surface area contributed by atoms with Gasteiger partial charge in [-0.05, 0) is 58.7 Å². The van der Waals surface area contributed by atoms with Gasteiger partial charge in [-0.15, -0.1) is 0 Å². The minimum atomic E-state index is -4.23. The van der Waals surface area contributed by atoms with Crippen LogP contribution in [0.2, 0.25) is 0 Å². The highest BCUT2D eigenvalue weighted by Crippen LogP contribution is 2.39. The maximum Gasteiger partial charge on any atom is 0.502 e. The number of piperazine rings is 1. The monoisotopic (exact) mass is 533 g/mol. The van der Waals surface area contributed by atoms with Crippen molar-refractivity contribution in [2.75, 3.05) is 24.6 Å². The third kappa shape index (κ3) is 4.84. The molecular formula is C25H29F2N5O6. The molecule has 1 amide bonds. The van der Waals surface area contributed by atoms with Crippen molar-refractivity contribution in [3.05, 3.63) is 30.6 Å². The molecule has 0 N–H and O–H groups in total. The number of hydrogen-bond acceptors (Lipinski definition) is 9. The molecule has 4 heterocycles. The van der Waals surface area contributed by atoms with E-state index >= 15 is 0 Å². The molecule has 2 fully saturated rings. The molecule has 2 aliphatic heterocycles. The predicted octanol–water partition coefficient (Wildman–Crippen LogP) is 4.14. The van der Waals surface area contributed by atoms with Gasteiger partial charge in [0.15, 0.2) is 16.8 Å².